The summed E-state index contributed by atoms with van der Waals surface area (Å²) in [5, 5.41) is 19.2. The van der Waals surface area contributed by atoms with Gasteiger partial charge < -0.3 is 0 Å². The molecule has 0 atom stereocenters. The Balaban J connectivity index is 2.13. The smallest absolute Gasteiger partial charge is 0.0922 e. The predicted molar refractivity (Wildman–Crippen MR) is 154 cm³/mol. The zero-order valence-electron chi connectivity index (χ0n) is 24.8. The third-order valence-corrected chi connectivity index (χ3v) is 8.97. The first-order valence-electron chi connectivity index (χ1n) is 12.8. The summed E-state index contributed by atoms with van der Waals surface area (Å²) in [5.74, 6) is 0. The standard InChI is InChI=1S/C32H42N4/c1-15-17(3)21(7)29(22(8)18(15)4)33-35-31-25(11)27(13)32(28(14)26(31)12)36-34-30-23(9)19(5)16(2)20(6)24(30)10/h1-14H3. The Labute approximate surface area is 218 Å². The van der Waals surface area contributed by atoms with Gasteiger partial charge >= 0.3 is 0 Å². The van der Waals surface area contributed by atoms with Crippen LogP contribution in [0.25, 0.3) is 0 Å². The molecule has 0 saturated heterocycles. The van der Waals surface area contributed by atoms with Crippen molar-refractivity contribution in [2.75, 3.05) is 0 Å². The van der Waals surface area contributed by atoms with Gasteiger partial charge in [-0.25, -0.2) is 0 Å². The van der Waals surface area contributed by atoms with Crippen LogP contribution in [0.15, 0.2) is 20.5 Å². The lowest BCUT2D eigenvalue weighted by atomic mass is 9.93. The van der Waals surface area contributed by atoms with E-state index in [0.717, 1.165) is 45.0 Å². The molecule has 0 heterocycles. The first kappa shape index (κ1) is 27.4. The number of azo groups is 2. The lowest BCUT2D eigenvalue weighted by Gasteiger charge is -2.17. The Hall–Kier alpha value is -3.14. The van der Waals surface area contributed by atoms with Crippen LogP contribution in [0, 0.1) is 96.9 Å². The van der Waals surface area contributed by atoms with E-state index >= 15 is 0 Å². The number of rotatable bonds is 4. The van der Waals surface area contributed by atoms with Gasteiger partial charge in [0.2, 0.25) is 0 Å². The van der Waals surface area contributed by atoms with Gasteiger partial charge in [0.15, 0.2) is 0 Å². The molecule has 3 rings (SSSR count). The van der Waals surface area contributed by atoms with Gasteiger partial charge in [-0.1, -0.05) is 0 Å². The number of hydrogen-bond acceptors (Lipinski definition) is 4. The zero-order chi connectivity index (χ0) is 27.2. The molecule has 4 heteroatoms. The lowest BCUT2D eigenvalue weighted by Crippen LogP contribution is -1.96. The van der Waals surface area contributed by atoms with Crippen LogP contribution in [0.4, 0.5) is 22.7 Å². The fourth-order valence-electron chi connectivity index (χ4n) is 5.03. The van der Waals surface area contributed by atoms with Crippen molar-refractivity contribution >= 4 is 22.7 Å². The second-order valence-corrected chi connectivity index (χ2v) is 10.5. The van der Waals surface area contributed by atoms with Gasteiger partial charge in [-0.2, -0.15) is 0 Å². The third-order valence-electron chi connectivity index (χ3n) is 8.97. The highest BCUT2D eigenvalue weighted by Crippen LogP contribution is 2.41. The van der Waals surface area contributed by atoms with Crippen molar-refractivity contribution in [1.82, 2.24) is 0 Å². The van der Waals surface area contributed by atoms with Gasteiger partial charge in [-0.3, -0.25) is 0 Å². The minimum atomic E-state index is 0.924. The van der Waals surface area contributed by atoms with Crippen LogP contribution in [0.5, 0.6) is 0 Å². The fourth-order valence-corrected chi connectivity index (χ4v) is 5.03. The summed E-state index contributed by atoms with van der Waals surface area (Å²) >= 11 is 0. The fraction of sp³-hybridized carbons (Fsp3) is 0.438. The van der Waals surface area contributed by atoms with Crippen LogP contribution in [0.1, 0.15) is 77.9 Å². The zero-order valence-corrected chi connectivity index (χ0v) is 24.8. The molecule has 0 amide bonds. The van der Waals surface area contributed by atoms with E-state index in [-0.39, 0.29) is 0 Å². The van der Waals surface area contributed by atoms with Crippen LogP contribution in [-0.4, -0.2) is 0 Å². The van der Waals surface area contributed by atoms with E-state index in [1.807, 2.05) is 0 Å². The van der Waals surface area contributed by atoms with Gasteiger partial charge in [0.1, 0.15) is 0 Å². The maximum atomic E-state index is 4.80. The quantitative estimate of drug-likeness (QED) is 0.332. The maximum Gasteiger partial charge on any atom is 0.0922 e. The molecule has 0 aliphatic carbocycles. The molecular weight excluding hydrogens is 440 g/mol. The molecule has 190 valence electrons. The third kappa shape index (κ3) is 4.42. The minimum Gasteiger partial charge on any atom is -0.150 e. The molecule has 0 aromatic heterocycles. The monoisotopic (exact) mass is 482 g/mol. The summed E-state index contributed by atoms with van der Waals surface area (Å²) in [6.07, 6.45) is 0. The van der Waals surface area contributed by atoms with E-state index in [1.165, 1.54) is 55.6 Å². The Kier molecular flexibility index (Phi) is 7.69. The predicted octanol–water partition coefficient (Wildman–Crippen LogP) is 10.8. The summed E-state index contributed by atoms with van der Waals surface area (Å²) in [6, 6.07) is 0. The summed E-state index contributed by atoms with van der Waals surface area (Å²) in [4.78, 5) is 0. The van der Waals surface area contributed by atoms with E-state index in [2.05, 4.69) is 96.9 Å². The topological polar surface area (TPSA) is 49.4 Å². The molecule has 0 aliphatic heterocycles. The van der Waals surface area contributed by atoms with Crippen LogP contribution < -0.4 is 0 Å². The van der Waals surface area contributed by atoms with Crippen LogP contribution >= 0.6 is 0 Å². The molecule has 0 saturated carbocycles. The maximum absolute atomic E-state index is 4.80. The van der Waals surface area contributed by atoms with E-state index in [4.69, 9.17) is 20.5 Å². The Morgan fingerprint density at radius 1 is 0.194 bits per heavy atom. The average Bonchev–Trinajstić information content (AvgIpc) is 2.86. The van der Waals surface area contributed by atoms with Crippen molar-refractivity contribution in [2.24, 2.45) is 20.5 Å². The first-order chi connectivity index (χ1) is 16.7. The summed E-state index contributed by atoms with van der Waals surface area (Å²) in [7, 11) is 0. The highest BCUT2D eigenvalue weighted by molar-refractivity contribution is 5.70. The molecule has 0 spiro atoms. The molecule has 4 nitrogen and oxygen atoms in total. The van der Waals surface area contributed by atoms with Crippen LogP contribution in [0.2, 0.25) is 0 Å². The van der Waals surface area contributed by atoms with Crippen molar-refractivity contribution in [2.45, 2.75) is 96.9 Å². The molecule has 0 radical (unpaired) electrons. The van der Waals surface area contributed by atoms with E-state index in [9.17, 15) is 0 Å². The molecule has 3 aromatic carbocycles. The molecule has 0 aliphatic rings. The molecule has 0 bridgehead atoms. The van der Waals surface area contributed by atoms with Crippen molar-refractivity contribution < 1.29 is 0 Å². The molecular formula is C32H42N4. The van der Waals surface area contributed by atoms with Crippen molar-refractivity contribution in [3.05, 3.63) is 77.9 Å². The van der Waals surface area contributed by atoms with E-state index in [0.29, 0.717) is 0 Å². The van der Waals surface area contributed by atoms with Gasteiger partial charge in [0.05, 0.1) is 22.7 Å². The number of nitrogens with zero attached hydrogens (tertiary/aromatic N) is 4. The summed E-state index contributed by atoms with van der Waals surface area (Å²) in [6.45, 7) is 30.0. The number of hydrogen-bond donors (Lipinski definition) is 0. The second kappa shape index (κ2) is 10.1. The van der Waals surface area contributed by atoms with Crippen molar-refractivity contribution in [3.8, 4) is 0 Å². The molecule has 0 N–H and O–H groups in total. The Morgan fingerprint density at radius 3 is 0.472 bits per heavy atom. The van der Waals surface area contributed by atoms with Crippen LogP contribution in [-0.2, 0) is 0 Å². The first-order valence-corrected chi connectivity index (χ1v) is 12.8. The molecule has 3 aromatic rings. The summed E-state index contributed by atoms with van der Waals surface area (Å²) < 4.78 is 0. The normalized spacial score (nSPS) is 11.9. The van der Waals surface area contributed by atoms with Crippen molar-refractivity contribution in [3.63, 3.8) is 0 Å². The molecule has 36 heavy (non-hydrogen) atoms. The van der Waals surface area contributed by atoms with Gasteiger partial charge in [0, 0.05) is 0 Å². The van der Waals surface area contributed by atoms with Crippen LogP contribution in [0.3, 0.4) is 0 Å². The molecule has 0 unspecified atom stereocenters. The Bertz CT molecular complexity index is 1250. The van der Waals surface area contributed by atoms with E-state index in [1.54, 1.807) is 0 Å². The van der Waals surface area contributed by atoms with E-state index < -0.39 is 0 Å². The highest BCUT2D eigenvalue weighted by atomic mass is 15.1. The average molecular weight is 483 g/mol. The number of benzene rings is 3. The van der Waals surface area contributed by atoms with Gasteiger partial charge in [0.25, 0.3) is 0 Å². The minimum absolute atomic E-state index is 0.924. The lowest BCUT2D eigenvalue weighted by molar-refractivity contribution is 1.08. The SMILES string of the molecule is Cc1c(C)c(C)c(N=Nc2c(C)c(C)c(N=Nc3c(C)c(C)c(C)c(C)c3C)c(C)c2C)c(C)c1C. The molecule has 0 fully saturated rings. The van der Waals surface area contributed by atoms with Gasteiger partial charge in [-0.05, 0) is 175 Å². The second-order valence-electron chi connectivity index (χ2n) is 10.5. The van der Waals surface area contributed by atoms with Gasteiger partial charge in [-0.15, -0.1) is 20.5 Å². The summed E-state index contributed by atoms with van der Waals surface area (Å²) in [5.41, 5.74) is 20.8. The Morgan fingerprint density at radius 2 is 0.306 bits per heavy atom. The van der Waals surface area contributed by atoms with Crippen molar-refractivity contribution in [1.29, 1.82) is 0 Å². The largest absolute Gasteiger partial charge is 0.150 e. The highest BCUT2D eigenvalue weighted by Gasteiger charge is 2.17.